The highest BCUT2D eigenvalue weighted by atomic mass is 14.6. The molecule has 0 bridgehead atoms. The third kappa shape index (κ3) is 1.90. The van der Waals surface area contributed by atoms with Crippen LogP contribution >= 0.6 is 0 Å². The van der Waals surface area contributed by atoms with Crippen LogP contribution < -0.4 is 5.73 Å². The zero-order chi connectivity index (χ0) is 8.97. The van der Waals surface area contributed by atoms with Crippen LogP contribution in [0.2, 0.25) is 0 Å². The van der Waals surface area contributed by atoms with Gasteiger partial charge >= 0.3 is 0 Å². The van der Waals surface area contributed by atoms with Gasteiger partial charge in [0, 0.05) is 11.6 Å². The molecule has 0 aromatic carbocycles. The first-order valence-electron chi connectivity index (χ1n) is 4.87. The first-order chi connectivity index (χ1) is 5.79. The fourth-order valence-electron chi connectivity index (χ4n) is 2.08. The molecule has 0 fully saturated rings. The van der Waals surface area contributed by atoms with Crippen molar-refractivity contribution in [1.29, 1.82) is 0 Å². The molecule has 0 aliphatic heterocycles. The zero-order valence-corrected chi connectivity index (χ0v) is 7.92. The fourth-order valence-corrected chi connectivity index (χ4v) is 2.08. The van der Waals surface area contributed by atoms with Crippen LogP contribution in [0.1, 0.15) is 32.6 Å². The van der Waals surface area contributed by atoms with Gasteiger partial charge in [-0.2, -0.15) is 0 Å². The molecule has 0 saturated carbocycles. The van der Waals surface area contributed by atoms with E-state index in [9.17, 15) is 0 Å². The van der Waals surface area contributed by atoms with Gasteiger partial charge in [-0.15, -0.1) is 6.58 Å². The van der Waals surface area contributed by atoms with Crippen LogP contribution in [-0.4, -0.2) is 0 Å². The molecule has 68 valence electrons. The van der Waals surface area contributed by atoms with Crippen molar-refractivity contribution in [3.05, 3.63) is 24.4 Å². The summed E-state index contributed by atoms with van der Waals surface area (Å²) in [6.45, 7) is 6.08. The molecule has 0 aromatic heterocycles. The van der Waals surface area contributed by atoms with Crippen molar-refractivity contribution in [2.24, 2.45) is 17.6 Å². The predicted molar refractivity (Wildman–Crippen MR) is 53.6 cm³/mol. The van der Waals surface area contributed by atoms with Gasteiger partial charge in [0.1, 0.15) is 0 Å². The third-order valence-corrected chi connectivity index (χ3v) is 2.72. The normalized spacial score (nSPS) is 29.6. The summed E-state index contributed by atoms with van der Waals surface area (Å²) >= 11 is 0. The molecular weight excluding hydrogens is 146 g/mol. The van der Waals surface area contributed by atoms with Crippen LogP contribution in [0.4, 0.5) is 0 Å². The first-order valence-corrected chi connectivity index (χ1v) is 4.87. The lowest BCUT2D eigenvalue weighted by Gasteiger charge is -2.28. The zero-order valence-electron chi connectivity index (χ0n) is 7.92. The van der Waals surface area contributed by atoms with Crippen LogP contribution in [0.3, 0.4) is 0 Å². The molecule has 1 aliphatic carbocycles. The van der Waals surface area contributed by atoms with Gasteiger partial charge < -0.3 is 5.73 Å². The second-order valence-electron chi connectivity index (χ2n) is 3.59. The van der Waals surface area contributed by atoms with E-state index in [1.54, 1.807) is 0 Å². The highest BCUT2D eigenvalue weighted by Crippen LogP contribution is 2.31. The molecule has 1 rings (SSSR count). The third-order valence-electron chi connectivity index (χ3n) is 2.72. The van der Waals surface area contributed by atoms with Gasteiger partial charge in [-0.3, -0.25) is 0 Å². The van der Waals surface area contributed by atoms with Crippen LogP contribution in [-0.2, 0) is 0 Å². The minimum absolute atomic E-state index is 0.443. The summed E-state index contributed by atoms with van der Waals surface area (Å²) in [6.07, 6.45) is 9.13. The van der Waals surface area contributed by atoms with Crippen molar-refractivity contribution in [3.63, 3.8) is 0 Å². The highest BCUT2D eigenvalue weighted by molar-refractivity contribution is 5.13. The molecule has 2 atom stereocenters. The van der Waals surface area contributed by atoms with Gasteiger partial charge in [0.05, 0.1) is 0 Å². The Hall–Kier alpha value is -0.720. The maximum absolute atomic E-state index is 5.90. The van der Waals surface area contributed by atoms with E-state index < -0.39 is 0 Å². The quantitative estimate of drug-likeness (QED) is 0.639. The van der Waals surface area contributed by atoms with Gasteiger partial charge in [0.25, 0.3) is 0 Å². The fraction of sp³-hybridized carbons (Fsp3) is 0.636. The maximum Gasteiger partial charge on any atom is 0.0187 e. The number of hydrogen-bond donors (Lipinski definition) is 1. The average Bonchev–Trinajstić information content (AvgIpc) is 2.05. The van der Waals surface area contributed by atoms with Crippen LogP contribution in [0.25, 0.3) is 0 Å². The standard InChI is InChI=1S/C11H19N/c1-3-6-9-7-5-8-11(12)10(9)4-2/h4,8-10H,2-3,5-7,12H2,1H3. The summed E-state index contributed by atoms with van der Waals surface area (Å²) in [6, 6.07) is 0. The molecule has 0 amide bonds. The molecule has 0 saturated heterocycles. The van der Waals surface area contributed by atoms with Gasteiger partial charge in [0.15, 0.2) is 0 Å². The monoisotopic (exact) mass is 165 g/mol. The topological polar surface area (TPSA) is 26.0 Å². The lowest BCUT2D eigenvalue weighted by Crippen LogP contribution is -2.23. The Morgan fingerprint density at radius 3 is 3.08 bits per heavy atom. The highest BCUT2D eigenvalue weighted by Gasteiger charge is 2.22. The molecule has 2 N–H and O–H groups in total. The molecule has 1 heteroatoms. The van der Waals surface area contributed by atoms with Crippen LogP contribution in [0.15, 0.2) is 24.4 Å². The Bertz CT molecular complexity index is 181. The minimum atomic E-state index is 0.443. The van der Waals surface area contributed by atoms with Crippen LogP contribution in [0.5, 0.6) is 0 Å². The van der Waals surface area contributed by atoms with Gasteiger partial charge in [-0.25, -0.2) is 0 Å². The van der Waals surface area contributed by atoms with E-state index in [-0.39, 0.29) is 0 Å². The van der Waals surface area contributed by atoms with Crippen LogP contribution in [0, 0.1) is 11.8 Å². The van der Waals surface area contributed by atoms with E-state index in [1.165, 1.54) is 19.3 Å². The van der Waals surface area contributed by atoms with Crippen molar-refractivity contribution < 1.29 is 0 Å². The van der Waals surface area contributed by atoms with E-state index in [1.807, 2.05) is 6.08 Å². The molecule has 1 aliphatic rings. The second-order valence-corrected chi connectivity index (χ2v) is 3.59. The van der Waals surface area contributed by atoms with E-state index >= 15 is 0 Å². The molecule has 0 radical (unpaired) electrons. The van der Waals surface area contributed by atoms with Crippen molar-refractivity contribution >= 4 is 0 Å². The molecule has 1 nitrogen and oxygen atoms in total. The minimum Gasteiger partial charge on any atom is -0.402 e. The number of rotatable bonds is 3. The molecule has 12 heavy (non-hydrogen) atoms. The molecular formula is C11H19N. The SMILES string of the molecule is C=CC1C(N)=CCCC1CCC. The Morgan fingerprint density at radius 2 is 2.50 bits per heavy atom. The molecule has 2 unspecified atom stereocenters. The summed E-state index contributed by atoms with van der Waals surface area (Å²) in [7, 11) is 0. The van der Waals surface area contributed by atoms with E-state index in [4.69, 9.17) is 5.73 Å². The Balaban J connectivity index is 2.63. The number of allylic oxidation sites excluding steroid dienone is 2. The summed E-state index contributed by atoms with van der Waals surface area (Å²) < 4.78 is 0. The summed E-state index contributed by atoms with van der Waals surface area (Å²) in [4.78, 5) is 0. The smallest absolute Gasteiger partial charge is 0.0187 e. The van der Waals surface area contributed by atoms with E-state index in [0.29, 0.717) is 5.92 Å². The first kappa shape index (κ1) is 9.37. The molecule has 0 heterocycles. The Kier molecular flexibility index (Phi) is 3.39. The predicted octanol–water partition coefficient (Wildman–Crippen LogP) is 2.84. The van der Waals surface area contributed by atoms with Gasteiger partial charge in [0.2, 0.25) is 0 Å². The van der Waals surface area contributed by atoms with Crippen molar-refractivity contribution in [3.8, 4) is 0 Å². The van der Waals surface area contributed by atoms with Crippen molar-refractivity contribution in [1.82, 2.24) is 0 Å². The summed E-state index contributed by atoms with van der Waals surface area (Å²) in [5.41, 5.74) is 6.94. The summed E-state index contributed by atoms with van der Waals surface area (Å²) in [5, 5.41) is 0. The Labute approximate surface area is 75.3 Å². The maximum atomic E-state index is 5.90. The van der Waals surface area contributed by atoms with E-state index in [2.05, 4.69) is 19.6 Å². The van der Waals surface area contributed by atoms with E-state index in [0.717, 1.165) is 18.0 Å². The van der Waals surface area contributed by atoms with Crippen molar-refractivity contribution in [2.75, 3.05) is 0 Å². The number of nitrogens with two attached hydrogens (primary N) is 1. The average molecular weight is 165 g/mol. The van der Waals surface area contributed by atoms with Gasteiger partial charge in [-0.1, -0.05) is 25.5 Å². The largest absolute Gasteiger partial charge is 0.402 e. The lowest BCUT2D eigenvalue weighted by atomic mass is 9.79. The van der Waals surface area contributed by atoms with Gasteiger partial charge in [-0.05, 0) is 25.2 Å². The lowest BCUT2D eigenvalue weighted by molar-refractivity contribution is 0.360. The molecule has 0 spiro atoms. The summed E-state index contributed by atoms with van der Waals surface area (Å²) in [5.74, 6) is 1.19. The second kappa shape index (κ2) is 4.34. The Morgan fingerprint density at radius 1 is 1.75 bits per heavy atom. The number of hydrogen-bond acceptors (Lipinski definition) is 1. The van der Waals surface area contributed by atoms with Crippen molar-refractivity contribution in [2.45, 2.75) is 32.6 Å². The molecule has 0 aromatic rings.